The summed E-state index contributed by atoms with van der Waals surface area (Å²) in [6.07, 6.45) is 0.986. The number of carboxylic acid groups (broad SMARTS) is 1. The van der Waals surface area contributed by atoms with Crippen molar-refractivity contribution in [2.75, 3.05) is 5.32 Å². The summed E-state index contributed by atoms with van der Waals surface area (Å²) < 4.78 is 0. The van der Waals surface area contributed by atoms with Crippen molar-refractivity contribution in [3.8, 4) is 0 Å². The molecule has 1 aromatic carbocycles. The Bertz CT molecular complexity index is 501. The molecule has 100 valence electrons. The molecule has 3 amide bonds. The second kappa shape index (κ2) is 5.51. The van der Waals surface area contributed by atoms with Crippen molar-refractivity contribution < 1.29 is 19.5 Å². The normalized spacial score (nSPS) is 19.1. The van der Waals surface area contributed by atoms with Crippen LogP contribution in [0.5, 0.6) is 0 Å². The summed E-state index contributed by atoms with van der Waals surface area (Å²) in [5.41, 5.74) is 0.523. The van der Waals surface area contributed by atoms with Crippen molar-refractivity contribution in [2.24, 2.45) is 0 Å². The van der Waals surface area contributed by atoms with Crippen LogP contribution < -0.4 is 5.32 Å². The summed E-state index contributed by atoms with van der Waals surface area (Å²) in [5.74, 6) is -1.61. The molecule has 0 saturated carbocycles. The minimum Gasteiger partial charge on any atom is -0.480 e. The molecule has 1 aromatic rings. The van der Waals surface area contributed by atoms with Gasteiger partial charge in [-0.25, -0.2) is 14.5 Å². The average molecular weight is 262 g/mol. The van der Waals surface area contributed by atoms with Gasteiger partial charge in [0.1, 0.15) is 6.04 Å². The maximum Gasteiger partial charge on any atom is 0.329 e. The molecule has 6 heteroatoms. The molecule has 1 atom stereocenters. The summed E-state index contributed by atoms with van der Waals surface area (Å²) in [6.45, 7) is 0. The number of nitrogens with one attached hydrogen (secondary N) is 1. The molecule has 0 spiro atoms. The lowest BCUT2D eigenvalue weighted by Crippen LogP contribution is -2.52. The third kappa shape index (κ3) is 2.90. The van der Waals surface area contributed by atoms with Gasteiger partial charge in [-0.15, -0.1) is 0 Å². The van der Waals surface area contributed by atoms with Crippen LogP contribution in [0.25, 0.3) is 0 Å². The molecular formula is C13H14N2O4. The molecule has 1 saturated heterocycles. The molecule has 1 aliphatic heterocycles. The minimum atomic E-state index is -1.16. The first-order valence-corrected chi connectivity index (χ1v) is 6.00. The highest BCUT2D eigenvalue weighted by atomic mass is 16.4. The number of carboxylic acids is 1. The maximum absolute atomic E-state index is 12.0. The smallest absolute Gasteiger partial charge is 0.329 e. The van der Waals surface area contributed by atoms with Crippen LogP contribution >= 0.6 is 0 Å². The molecule has 1 unspecified atom stereocenters. The van der Waals surface area contributed by atoms with Crippen LogP contribution in [0, 0.1) is 0 Å². The van der Waals surface area contributed by atoms with Gasteiger partial charge in [-0.05, 0) is 25.0 Å². The third-order valence-electron chi connectivity index (χ3n) is 2.98. The molecule has 1 aliphatic rings. The zero-order valence-corrected chi connectivity index (χ0v) is 10.2. The quantitative estimate of drug-likeness (QED) is 0.849. The van der Waals surface area contributed by atoms with E-state index in [9.17, 15) is 14.4 Å². The molecule has 2 N–H and O–H groups in total. The minimum absolute atomic E-state index is 0.200. The van der Waals surface area contributed by atoms with E-state index in [4.69, 9.17) is 5.11 Å². The number of benzene rings is 1. The van der Waals surface area contributed by atoms with Gasteiger partial charge in [0.05, 0.1) is 0 Å². The van der Waals surface area contributed by atoms with Crippen molar-refractivity contribution in [3.05, 3.63) is 30.3 Å². The number of carbonyl (C=O) groups is 3. The number of likely N-dealkylation sites (tertiary alicyclic amines) is 1. The number of hydrogen-bond donors (Lipinski definition) is 2. The van der Waals surface area contributed by atoms with Crippen LogP contribution in [0.15, 0.2) is 30.3 Å². The number of rotatable bonds is 2. The van der Waals surface area contributed by atoms with Crippen LogP contribution in [0.3, 0.4) is 0 Å². The number of anilines is 1. The van der Waals surface area contributed by atoms with E-state index in [-0.39, 0.29) is 6.42 Å². The molecule has 1 heterocycles. The van der Waals surface area contributed by atoms with Gasteiger partial charge in [0.15, 0.2) is 0 Å². The summed E-state index contributed by atoms with van der Waals surface area (Å²) in [6, 6.07) is 6.84. The lowest BCUT2D eigenvalue weighted by Gasteiger charge is -2.31. The lowest BCUT2D eigenvalue weighted by molar-refractivity contribution is -0.149. The van der Waals surface area contributed by atoms with Crippen molar-refractivity contribution in [1.29, 1.82) is 0 Å². The first-order chi connectivity index (χ1) is 9.09. The Morgan fingerprint density at radius 1 is 1.26 bits per heavy atom. The summed E-state index contributed by atoms with van der Waals surface area (Å²) >= 11 is 0. The Morgan fingerprint density at radius 2 is 1.95 bits per heavy atom. The first-order valence-electron chi connectivity index (χ1n) is 6.00. The highest BCUT2D eigenvalue weighted by Gasteiger charge is 2.37. The number of piperidine rings is 1. The predicted octanol–water partition coefficient (Wildman–Crippen LogP) is 1.68. The Labute approximate surface area is 110 Å². The number of nitrogens with zero attached hydrogens (tertiary/aromatic N) is 1. The molecular weight excluding hydrogens is 248 g/mol. The number of imide groups is 1. The predicted molar refractivity (Wildman–Crippen MR) is 67.6 cm³/mol. The van der Waals surface area contributed by atoms with Crippen molar-refractivity contribution in [1.82, 2.24) is 4.90 Å². The van der Waals surface area contributed by atoms with Gasteiger partial charge in [-0.2, -0.15) is 0 Å². The van der Waals surface area contributed by atoms with E-state index in [2.05, 4.69) is 5.32 Å². The molecule has 19 heavy (non-hydrogen) atoms. The Balaban J connectivity index is 2.15. The first kappa shape index (κ1) is 13.1. The summed E-state index contributed by atoms with van der Waals surface area (Å²) in [4.78, 5) is 35.7. The van der Waals surface area contributed by atoms with Gasteiger partial charge in [0.2, 0.25) is 5.91 Å². The molecule has 0 radical (unpaired) electrons. The van der Waals surface area contributed by atoms with Gasteiger partial charge in [-0.3, -0.25) is 4.79 Å². The fraction of sp³-hybridized carbons (Fsp3) is 0.308. The largest absolute Gasteiger partial charge is 0.480 e. The van der Waals surface area contributed by atoms with E-state index in [0.717, 1.165) is 4.90 Å². The molecule has 2 rings (SSSR count). The SMILES string of the molecule is O=C(O)C1CCCC(=O)N1C(=O)Nc1ccccc1. The highest BCUT2D eigenvalue weighted by Crippen LogP contribution is 2.20. The number of hydrogen-bond acceptors (Lipinski definition) is 3. The number of aliphatic carboxylic acids is 1. The average Bonchev–Trinajstić information content (AvgIpc) is 2.39. The van der Waals surface area contributed by atoms with Crippen molar-refractivity contribution in [2.45, 2.75) is 25.3 Å². The Hall–Kier alpha value is -2.37. The third-order valence-corrected chi connectivity index (χ3v) is 2.98. The van der Waals surface area contributed by atoms with E-state index in [1.54, 1.807) is 30.3 Å². The number of para-hydroxylation sites is 1. The van der Waals surface area contributed by atoms with E-state index in [1.165, 1.54) is 0 Å². The number of urea groups is 1. The highest BCUT2D eigenvalue weighted by molar-refractivity contribution is 6.04. The zero-order valence-electron chi connectivity index (χ0n) is 10.2. The zero-order chi connectivity index (χ0) is 13.8. The van der Waals surface area contributed by atoms with Crippen LogP contribution in [0.4, 0.5) is 10.5 Å². The van der Waals surface area contributed by atoms with Crippen LogP contribution in [-0.2, 0) is 9.59 Å². The van der Waals surface area contributed by atoms with Gasteiger partial charge in [-0.1, -0.05) is 18.2 Å². The molecule has 0 aromatic heterocycles. The summed E-state index contributed by atoms with van der Waals surface area (Å²) in [5, 5.41) is 11.6. The van der Waals surface area contributed by atoms with E-state index in [0.29, 0.717) is 18.5 Å². The van der Waals surface area contributed by atoms with Gasteiger partial charge in [0.25, 0.3) is 0 Å². The monoisotopic (exact) mass is 262 g/mol. The van der Waals surface area contributed by atoms with Gasteiger partial charge >= 0.3 is 12.0 Å². The molecule has 0 bridgehead atoms. The van der Waals surface area contributed by atoms with E-state index in [1.807, 2.05) is 0 Å². The molecule has 1 fully saturated rings. The standard InChI is InChI=1S/C13H14N2O4/c16-11-8-4-7-10(12(17)18)15(11)13(19)14-9-5-2-1-3-6-9/h1-3,5-6,10H,4,7-8H2,(H,14,19)(H,17,18). The number of amides is 3. The van der Waals surface area contributed by atoms with Gasteiger partial charge in [0, 0.05) is 12.1 Å². The molecule has 6 nitrogen and oxygen atoms in total. The topological polar surface area (TPSA) is 86.7 Å². The fourth-order valence-electron chi connectivity index (χ4n) is 2.06. The van der Waals surface area contributed by atoms with Crippen LogP contribution in [0.1, 0.15) is 19.3 Å². The fourth-order valence-corrected chi connectivity index (χ4v) is 2.06. The second-order valence-corrected chi connectivity index (χ2v) is 4.31. The van der Waals surface area contributed by atoms with E-state index >= 15 is 0 Å². The van der Waals surface area contributed by atoms with Gasteiger partial charge < -0.3 is 10.4 Å². The second-order valence-electron chi connectivity index (χ2n) is 4.31. The van der Waals surface area contributed by atoms with Crippen LogP contribution in [-0.4, -0.2) is 34.0 Å². The summed E-state index contributed by atoms with van der Waals surface area (Å²) in [7, 11) is 0. The Morgan fingerprint density at radius 3 is 2.58 bits per heavy atom. The maximum atomic E-state index is 12.0. The molecule has 0 aliphatic carbocycles. The number of carbonyl (C=O) groups excluding carboxylic acids is 2. The lowest BCUT2D eigenvalue weighted by atomic mass is 10.0. The van der Waals surface area contributed by atoms with Crippen LogP contribution in [0.2, 0.25) is 0 Å². The Kier molecular flexibility index (Phi) is 3.79. The van der Waals surface area contributed by atoms with Crippen molar-refractivity contribution in [3.63, 3.8) is 0 Å². The van der Waals surface area contributed by atoms with E-state index < -0.39 is 23.9 Å². The van der Waals surface area contributed by atoms with Crippen molar-refractivity contribution >= 4 is 23.6 Å².